The zero-order valence-electron chi connectivity index (χ0n) is 7.55. The van der Waals surface area contributed by atoms with Gasteiger partial charge in [0, 0.05) is 5.92 Å². The number of fused-ring (bicyclic) bond motifs is 1. The number of rotatable bonds is 0. The first-order valence-electron chi connectivity index (χ1n) is 4.52. The van der Waals surface area contributed by atoms with Crippen LogP contribution in [0.4, 0.5) is 0 Å². The van der Waals surface area contributed by atoms with Crippen molar-refractivity contribution in [2.45, 2.75) is 38.8 Å². The summed E-state index contributed by atoms with van der Waals surface area (Å²) in [5.41, 5.74) is -1.27. The number of carbonyl (C=O) groups excluding carboxylic acids is 1. The van der Waals surface area contributed by atoms with Crippen LogP contribution in [0.2, 0.25) is 0 Å². The van der Waals surface area contributed by atoms with Crippen LogP contribution in [0.5, 0.6) is 0 Å². The Balaban J connectivity index is 2.37. The minimum absolute atomic E-state index is 0.00491. The van der Waals surface area contributed by atoms with E-state index in [-0.39, 0.29) is 17.2 Å². The van der Waals surface area contributed by atoms with E-state index in [2.05, 4.69) is 5.32 Å². The Morgan fingerprint density at radius 1 is 1.58 bits per heavy atom. The Hall–Kier alpha value is -0.570. The van der Waals surface area contributed by atoms with Crippen LogP contribution in [-0.4, -0.2) is 16.7 Å². The summed E-state index contributed by atoms with van der Waals surface area (Å²) in [5, 5.41) is 12.7. The zero-order valence-corrected chi connectivity index (χ0v) is 7.55. The van der Waals surface area contributed by atoms with Gasteiger partial charge in [0.25, 0.3) is 0 Å². The molecule has 0 unspecified atom stereocenters. The first-order valence-corrected chi connectivity index (χ1v) is 4.52. The molecule has 1 saturated carbocycles. The van der Waals surface area contributed by atoms with Gasteiger partial charge in [-0.1, -0.05) is 13.8 Å². The molecule has 1 amide bonds. The molecule has 2 N–H and O–H groups in total. The highest BCUT2D eigenvalue weighted by atomic mass is 16.3. The lowest BCUT2D eigenvalue weighted by atomic mass is 9.78. The molecule has 2 fully saturated rings. The molecular weight excluding hydrogens is 154 g/mol. The second kappa shape index (κ2) is 2.02. The van der Waals surface area contributed by atoms with Crippen molar-refractivity contribution in [2.24, 2.45) is 11.3 Å². The normalized spacial score (nSPS) is 44.2. The lowest BCUT2D eigenvalue weighted by Crippen LogP contribution is -2.42. The molecule has 0 aromatic carbocycles. The van der Waals surface area contributed by atoms with Gasteiger partial charge in [-0.05, 0) is 19.3 Å². The van der Waals surface area contributed by atoms with Gasteiger partial charge in [0.2, 0.25) is 5.91 Å². The maximum absolute atomic E-state index is 11.4. The Bertz CT molecular complexity index is 237. The highest BCUT2D eigenvalue weighted by molar-refractivity contribution is 5.85. The molecular formula is C9H15NO2. The van der Waals surface area contributed by atoms with Gasteiger partial charge in [0.1, 0.15) is 5.72 Å². The maximum atomic E-state index is 11.4. The summed E-state index contributed by atoms with van der Waals surface area (Å²) in [6.45, 7) is 3.83. The molecule has 0 spiro atoms. The SMILES string of the molecule is CC1(C)C(=O)N[C@@]2(O)CCC[C@@H]12. The van der Waals surface area contributed by atoms with Crippen LogP contribution in [0.15, 0.2) is 0 Å². The van der Waals surface area contributed by atoms with E-state index in [0.29, 0.717) is 6.42 Å². The Morgan fingerprint density at radius 2 is 2.25 bits per heavy atom. The second-order valence-corrected chi connectivity index (χ2v) is 4.54. The van der Waals surface area contributed by atoms with Gasteiger partial charge in [-0.25, -0.2) is 0 Å². The van der Waals surface area contributed by atoms with Gasteiger partial charge in [0.15, 0.2) is 0 Å². The van der Waals surface area contributed by atoms with Crippen LogP contribution < -0.4 is 5.32 Å². The van der Waals surface area contributed by atoms with Crippen molar-refractivity contribution in [1.82, 2.24) is 5.32 Å². The van der Waals surface area contributed by atoms with Crippen molar-refractivity contribution in [3.63, 3.8) is 0 Å². The second-order valence-electron chi connectivity index (χ2n) is 4.54. The number of aliphatic hydroxyl groups is 1. The quantitative estimate of drug-likeness (QED) is 0.559. The molecule has 3 nitrogen and oxygen atoms in total. The van der Waals surface area contributed by atoms with Crippen LogP contribution in [0.25, 0.3) is 0 Å². The van der Waals surface area contributed by atoms with Gasteiger partial charge < -0.3 is 10.4 Å². The predicted octanol–water partition coefficient (Wildman–Crippen LogP) is 0.631. The van der Waals surface area contributed by atoms with Crippen LogP contribution in [-0.2, 0) is 4.79 Å². The van der Waals surface area contributed by atoms with E-state index in [1.807, 2.05) is 13.8 Å². The van der Waals surface area contributed by atoms with Crippen LogP contribution >= 0.6 is 0 Å². The smallest absolute Gasteiger partial charge is 0.228 e. The third-order valence-electron chi connectivity index (χ3n) is 3.41. The summed E-state index contributed by atoms with van der Waals surface area (Å²) in [6.07, 6.45) is 2.69. The summed E-state index contributed by atoms with van der Waals surface area (Å²) in [6, 6.07) is 0. The Morgan fingerprint density at radius 3 is 2.83 bits per heavy atom. The molecule has 1 saturated heterocycles. The van der Waals surface area contributed by atoms with Crippen LogP contribution in [0, 0.1) is 11.3 Å². The number of hydrogen-bond acceptors (Lipinski definition) is 2. The summed E-state index contributed by atoms with van der Waals surface area (Å²) in [5.74, 6) is 0.104. The van der Waals surface area contributed by atoms with E-state index >= 15 is 0 Å². The summed E-state index contributed by atoms with van der Waals surface area (Å²) in [4.78, 5) is 11.4. The van der Waals surface area contributed by atoms with Crippen molar-refractivity contribution in [3.8, 4) is 0 Å². The molecule has 3 heteroatoms. The van der Waals surface area contributed by atoms with Crippen molar-refractivity contribution in [1.29, 1.82) is 0 Å². The van der Waals surface area contributed by atoms with E-state index in [9.17, 15) is 9.90 Å². The first-order chi connectivity index (χ1) is 5.47. The van der Waals surface area contributed by atoms with Gasteiger partial charge >= 0.3 is 0 Å². The molecule has 2 rings (SSSR count). The van der Waals surface area contributed by atoms with Gasteiger partial charge in [-0.15, -0.1) is 0 Å². The number of hydrogen-bond donors (Lipinski definition) is 2. The fourth-order valence-electron chi connectivity index (χ4n) is 2.61. The maximum Gasteiger partial charge on any atom is 0.228 e. The third kappa shape index (κ3) is 0.774. The molecule has 2 atom stereocenters. The number of amides is 1. The molecule has 0 aromatic heterocycles. The van der Waals surface area contributed by atoms with Gasteiger partial charge in [-0.2, -0.15) is 0 Å². The fraction of sp³-hybridized carbons (Fsp3) is 0.889. The monoisotopic (exact) mass is 169 g/mol. The third-order valence-corrected chi connectivity index (χ3v) is 3.41. The van der Waals surface area contributed by atoms with Crippen LogP contribution in [0.3, 0.4) is 0 Å². The fourth-order valence-corrected chi connectivity index (χ4v) is 2.61. The van der Waals surface area contributed by atoms with Crippen LogP contribution in [0.1, 0.15) is 33.1 Å². The Kier molecular flexibility index (Phi) is 1.35. The topological polar surface area (TPSA) is 49.3 Å². The predicted molar refractivity (Wildman–Crippen MR) is 44.2 cm³/mol. The molecule has 1 aliphatic carbocycles. The van der Waals surface area contributed by atoms with E-state index in [1.165, 1.54) is 0 Å². The molecule has 0 bridgehead atoms. The van der Waals surface area contributed by atoms with E-state index in [0.717, 1.165) is 12.8 Å². The number of nitrogens with one attached hydrogen (secondary N) is 1. The van der Waals surface area contributed by atoms with Crippen molar-refractivity contribution in [2.75, 3.05) is 0 Å². The highest BCUT2D eigenvalue weighted by Crippen LogP contribution is 2.49. The minimum atomic E-state index is -0.888. The Labute approximate surface area is 72.2 Å². The first kappa shape index (κ1) is 8.05. The van der Waals surface area contributed by atoms with Crippen molar-refractivity contribution >= 4 is 5.91 Å². The van der Waals surface area contributed by atoms with Gasteiger partial charge in [-0.3, -0.25) is 4.79 Å². The summed E-state index contributed by atoms with van der Waals surface area (Å²) in [7, 11) is 0. The number of carbonyl (C=O) groups is 1. The average molecular weight is 169 g/mol. The average Bonchev–Trinajstić information content (AvgIpc) is 2.36. The lowest BCUT2D eigenvalue weighted by molar-refractivity contribution is -0.127. The molecule has 1 heterocycles. The molecule has 2 aliphatic rings. The molecule has 12 heavy (non-hydrogen) atoms. The molecule has 1 aliphatic heterocycles. The highest BCUT2D eigenvalue weighted by Gasteiger charge is 2.58. The zero-order chi connectivity index (χ0) is 8.98. The minimum Gasteiger partial charge on any atom is -0.371 e. The van der Waals surface area contributed by atoms with E-state index in [4.69, 9.17) is 0 Å². The van der Waals surface area contributed by atoms with E-state index < -0.39 is 5.72 Å². The largest absolute Gasteiger partial charge is 0.371 e. The van der Waals surface area contributed by atoms with Gasteiger partial charge in [0.05, 0.1) is 5.41 Å². The van der Waals surface area contributed by atoms with E-state index in [1.54, 1.807) is 0 Å². The summed E-state index contributed by atoms with van der Waals surface area (Å²) < 4.78 is 0. The van der Waals surface area contributed by atoms with Crippen molar-refractivity contribution < 1.29 is 9.90 Å². The summed E-state index contributed by atoms with van der Waals surface area (Å²) >= 11 is 0. The lowest BCUT2D eigenvalue weighted by Gasteiger charge is -2.26. The standard InChI is InChI=1S/C9H15NO2/c1-8(2)6-4-3-5-9(6,12)10-7(8)11/h6,12H,3-5H2,1-2H3,(H,10,11)/t6-,9+/m0/s1. The van der Waals surface area contributed by atoms with Crippen molar-refractivity contribution in [3.05, 3.63) is 0 Å². The molecule has 0 aromatic rings. The molecule has 0 radical (unpaired) electrons. The molecule has 68 valence electrons.